The van der Waals surface area contributed by atoms with E-state index in [2.05, 4.69) is 37.6 Å². The molecule has 1 fully saturated rings. The van der Waals surface area contributed by atoms with E-state index in [0.717, 1.165) is 50.7 Å². The molecule has 29 heavy (non-hydrogen) atoms. The van der Waals surface area contributed by atoms with E-state index < -0.39 is 0 Å². The maximum Gasteiger partial charge on any atom is 0.286 e. The third kappa shape index (κ3) is 6.06. The predicted molar refractivity (Wildman–Crippen MR) is 115 cm³/mol. The molecule has 1 saturated heterocycles. The minimum atomic E-state index is -0.314. The van der Waals surface area contributed by atoms with Crippen LogP contribution < -0.4 is 10.6 Å². The zero-order chi connectivity index (χ0) is 20.6. The van der Waals surface area contributed by atoms with Crippen LogP contribution in [0.4, 0.5) is 5.69 Å². The van der Waals surface area contributed by atoms with Crippen molar-refractivity contribution in [3.8, 4) is 0 Å². The molecule has 2 aromatic rings. The molecule has 156 valence electrons. The normalized spacial score (nSPS) is 15.2. The Labute approximate surface area is 175 Å². The molecular weight excluding hydrogens is 388 g/mol. The van der Waals surface area contributed by atoms with Crippen molar-refractivity contribution in [2.75, 3.05) is 51.1 Å². The van der Waals surface area contributed by atoms with Crippen molar-refractivity contribution in [2.24, 2.45) is 0 Å². The second-order valence-corrected chi connectivity index (χ2v) is 7.98. The average Bonchev–Trinajstić information content (AvgIpc) is 3.24. The molecule has 1 aliphatic rings. The number of hydrogen-bond acceptors (Lipinski definition) is 7. The average molecular weight is 417 g/mol. The molecule has 8 nitrogen and oxygen atoms in total. The zero-order valence-electron chi connectivity index (χ0n) is 17.0. The molecule has 0 aliphatic carbocycles. The number of aromatic nitrogens is 2. The number of benzene rings is 1. The molecular formula is C20H28N6O2S. The highest BCUT2D eigenvalue weighted by Gasteiger charge is 2.16. The largest absolute Gasteiger partial charge is 0.351 e. The molecule has 0 radical (unpaired) electrons. The quantitative estimate of drug-likeness (QED) is 0.681. The summed E-state index contributed by atoms with van der Waals surface area (Å²) in [5.41, 5.74) is 1.08. The van der Waals surface area contributed by atoms with Crippen LogP contribution in [0.15, 0.2) is 24.3 Å². The van der Waals surface area contributed by atoms with Crippen molar-refractivity contribution in [2.45, 2.75) is 20.3 Å². The first kappa shape index (κ1) is 21.4. The van der Waals surface area contributed by atoms with Crippen LogP contribution in [0, 0.1) is 0 Å². The van der Waals surface area contributed by atoms with Gasteiger partial charge in [0.1, 0.15) is 5.01 Å². The molecule has 1 aliphatic heterocycles. The van der Waals surface area contributed by atoms with Gasteiger partial charge >= 0.3 is 0 Å². The van der Waals surface area contributed by atoms with Crippen molar-refractivity contribution in [1.82, 2.24) is 25.3 Å². The summed E-state index contributed by atoms with van der Waals surface area (Å²) in [5.74, 6) is -0.455. The van der Waals surface area contributed by atoms with Crippen molar-refractivity contribution in [1.29, 1.82) is 0 Å². The van der Waals surface area contributed by atoms with Crippen LogP contribution in [0.3, 0.4) is 0 Å². The van der Waals surface area contributed by atoms with E-state index in [1.165, 1.54) is 11.3 Å². The lowest BCUT2D eigenvalue weighted by Crippen LogP contribution is -2.48. The number of anilines is 1. The number of piperazine rings is 1. The molecule has 3 rings (SSSR count). The van der Waals surface area contributed by atoms with Gasteiger partial charge in [-0.25, -0.2) is 0 Å². The van der Waals surface area contributed by atoms with Gasteiger partial charge in [0.15, 0.2) is 0 Å². The van der Waals surface area contributed by atoms with E-state index in [9.17, 15) is 9.59 Å². The second kappa shape index (κ2) is 10.4. The van der Waals surface area contributed by atoms with E-state index >= 15 is 0 Å². The van der Waals surface area contributed by atoms with Crippen molar-refractivity contribution in [3.05, 3.63) is 39.8 Å². The van der Waals surface area contributed by atoms with Gasteiger partial charge in [0.2, 0.25) is 5.01 Å². The lowest BCUT2D eigenvalue weighted by Gasteiger charge is -2.33. The number of carbonyl (C=O) groups excluding carboxylic acids is 2. The Bertz CT molecular complexity index is 832. The van der Waals surface area contributed by atoms with Crippen LogP contribution in [0.5, 0.6) is 0 Å². The molecule has 2 heterocycles. The van der Waals surface area contributed by atoms with Gasteiger partial charge in [0.25, 0.3) is 11.8 Å². The number of nitrogens with one attached hydrogen (secondary N) is 2. The van der Waals surface area contributed by atoms with Crippen LogP contribution in [0.2, 0.25) is 0 Å². The van der Waals surface area contributed by atoms with Crippen molar-refractivity contribution < 1.29 is 9.59 Å². The third-order valence-corrected chi connectivity index (χ3v) is 6.04. The summed E-state index contributed by atoms with van der Waals surface area (Å²) in [6.45, 7) is 10.9. The summed E-state index contributed by atoms with van der Waals surface area (Å²) in [4.78, 5) is 29.6. The fourth-order valence-corrected chi connectivity index (χ4v) is 3.84. The van der Waals surface area contributed by atoms with Gasteiger partial charge in [-0.2, -0.15) is 0 Å². The Kier molecular flexibility index (Phi) is 7.68. The Hall–Kier alpha value is -2.36. The molecule has 0 spiro atoms. The smallest absolute Gasteiger partial charge is 0.286 e. The standard InChI is InChI=1S/C20H28N6O2S/c1-3-17-23-24-20(29-17)19(28)22-16-7-5-6-15(14-16)18(27)21-8-9-26-12-10-25(4-2)11-13-26/h5-7,14H,3-4,8-13H2,1-2H3,(H,21,27)(H,22,28). The first-order valence-electron chi connectivity index (χ1n) is 10.1. The summed E-state index contributed by atoms with van der Waals surface area (Å²) in [5, 5.41) is 14.8. The van der Waals surface area contributed by atoms with E-state index in [4.69, 9.17) is 0 Å². The van der Waals surface area contributed by atoms with Gasteiger partial charge in [0.05, 0.1) is 0 Å². The van der Waals surface area contributed by atoms with Gasteiger partial charge in [-0.05, 0) is 31.2 Å². The summed E-state index contributed by atoms with van der Waals surface area (Å²) in [6.07, 6.45) is 0.745. The van der Waals surface area contributed by atoms with Crippen molar-refractivity contribution in [3.63, 3.8) is 0 Å². The molecule has 1 aromatic heterocycles. The Morgan fingerprint density at radius 2 is 1.83 bits per heavy atom. The monoisotopic (exact) mass is 416 g/mol. The third-order valence-electron chi connectivity index (χ3n) is 4.97. The molecule has 2 amide bonds. The molecule has 0 unspecified atom stereocenters. The lowest BCUT2D eigenvalue weighted by molar-refractivity contribution is 0.0936. The van der Waals surface area contributed by atoms with Gasteiger partial charge in [-0.15, -0.1) is 10.2 Å². The minimum Gasteiger partial charge on any atom is -0.351 e. The maximum absolute atomic E-state index is 12.5. The van der Waals surface area contributed by atoms with Gasteiger partial charge in [-0.1, -0.05) is 31.3 Å². The van der Waals surface area contributed by atoms with Crippen LogP contribution in [-0.2, 0) is 6.42 Å². The minimum absolute atomic E-state index is 0.141. The number of hydrogen-bond donors (Lipinski definition) is 2. The highest BCUT2D eigenvalue weighted by molar-refractivity contribution is 7.13. The number of amides is 2. The Morgan fingerprint density at radius 3 is 2.52 bits per heavy atom. The molecule has 0 saturated carbocycles. The molecule has 9 heteroatoms. The summed E-state index contributed by atoms with van der Waals surface area (Å²) in [7, 11) is 0. The maximum atomic E-state index is 12.5. The Morgan fingerprint density at radius 1 is 1.07 bits per heavy atom. The van der Waals surface area contributed by atoms with E-state index in [-0.39, 0.29) is 11.8 Å². The number of rotatable bonds is 8. The van der Waals surface area contributed by atoms with Crippen LogP contribution in [0.1, 0.15) is 39.0 Å². The fraction of sp³-hybridized carbons (Fsp3) is 0.500. The highest BCUT2D eigenvalue weighted by atomic mass is 32.1. The number of nitrogens with zero attached hydrogens (tertiary/aromatic N) is 4. The van der Waals surface area contributed by atoms with Crippen molar-refractivity contribution >= 4 is 28.8 Å². The van der Waals surface area contributed by atoms with E-state index in [0.29, 0.717) is 22.8 Å². The topological polar surface area (TPSA) is 90.5 Å². The molecule has 0 bridgehead atoms. The first-order valence-corrected chi connectivity index (χ1v) is 10.9. The lowest BCUT2D eigenvalue weighted by atomic mass is 10.2. The number of aryl methyl sites for hydroxylation is 1. The van der Waals surface area contributed by atoms with E-state index in [1.807, 2.05) is 6.92 Å². The van der Waals surface area contributed by atoms with Gasteiger partial charge in [-0.3, -0.25) is 14.5 Å². The first-order chi connectivity index (χ1) is 14.1. The zero-order valence-corrected chi connectivity index (χ0v) is 17.8. The SMILES string of the molecule is CCc1nnc(C(=O)Nc2cccc(C(=O)NCCN3CCN(CC)CC3)c2)s1. The summed E-state index contributed by atoms with van der Waals surface area (Å²) >= 11 is 1.28. The second-order valence-electron chi connectivity index (χ2n) is 6.92. The number of carbonyl (C=O) groups is 2. The summed E-state index contributed by atoms with van der Waals surface area (Å²) < 4.78 is 0. The fourth-order valence-electron chi connectivity index (χ4n) is 3.17. The van der Waals surface area contributed by atoms with Crippen LogP contribution >= 0.6 is 11.3 Å². The molecule has 0 atom stereocenters. The number of likely N-dealkylation sites (N-methyl/N-ethyl adjacent to an activating group) is 1. The molecule has 2 N–H and O–H groups in total. The van der Waals surface area contributed by atoms with Crippen LogP contribution in [0.25, 0.3) is 0 Å². The molecule has 1 aromatic carbocycles. The Balaban J connectivity index is 1.48. The van der Waals surface area contributed by atoms with Gasteiger partial charge < -0.3 is 15.5 Å². The van der Waals surface area contributed by atoms with E-state index in [1.54, 1.807) is 24.3 Å². The van der Waals surface area contributed by atoms with Gasteiger partial charge in [0, 0.05) is 50.5 Å². The summed E-state index contributed by atoms with van der Waals surface area (Å²) in [6, 6.07) is 6.93. The predicted octanol–water partition coefficient (Wildman–Crippen LogP) is 1.72. The highest BCUT2D eigenvalue weighted by Crippen LogP contribution is 2.15. The van der Waals surface area contributed by atoms with Crippen LogP contribution in [-0.4, -0.2) is 77.6 Å².